The highest BCUT2D eigenvalue weighted by atomic mass is 32.2. The minimum absolute atomic E-state index is 0.138. The van der Waals surface area contributed by atoms with E-state index in [1.807, 2.05) is 7.05 Å². The highest BCUT2D eigenvalue weighted by Gasteiger charge is 2.22. The average molecular weight is 248 g/mol. The molecule has 0 aromatic heterocycles. The topological polar surface area (TPSA) is 75.3 Å². The zero-order valence-corrected chi connectivity index (χ0v) is 10.6. The van der Waals surface area contributed by atoms with Gasteiger partial charge in [0.15, 0.2) is 9.84 Å². The summed E-state index contributed by atoms with van der Waals surface area (Å²) >= 11 is 0. The molecule has 0 heterocycles. The van der Waals surface area contributed by atoms with Crippen molar-refractivity contribution in [2.45, 2.75) is 37.8 Å². The number of nitrogens with one attached hydrogen (secondary N) is 2. The molecule has 0 aliphatic heterocycles. The second kappa shape index (κ2) is 5.63. The standard InChI is InChI=1S/C10H20N2O3S/c1-11-8-3-5-9(6-4-8)12-10(13)7-16(2,14)15/h8-9,11H,3-7H2,1-2H3,(H,12,13). The van der Waals surface area contributed by atoms with Crippen LogP contribution in [0.4, 0.5) is 0 Å². The van der Waals surface area contributed by atoms with Crippen molar-refractivity contribution in [3.05, 3.63) is 0 Å². The minimum Gasteiger partial charge on any atom is -0.352 e. The lowest BCUT2D eigenvalue weighted by molar-refractivity contribution is -0.119. The monoisotopic (exact) mass is 248 g/mol. The van der Waals surface area contributed by atoms with Crippen LogP contribution in [-0.4, -0.2) is 45.5 Å². The van der Waals surface area contributed by atoms with Gasteiger partial charge in [-0.1, -0.05) is 0 Å². The summed E-state index contributed by atoms with van der Waals surface area (Å²) in [6.07, 6.45) is 4.97. The van der Waals surface area contributed by atoms with Crippen molar-refractivity contribution in [3.63, 3.8) is 0 Å². The molecule has 94 valence electrons. The second-order valence-electron chi connectivity index (χ2n) is 4.47. The van der Waals surface area contributed by atoms with Gasteiger partial charge in [-0.05, 0) is 32.7 Å². The zero-order chi connectivity index (χ0) is 12.2. The molecule has 0 aromatic carbocycles. The molecule has 16 heavy (non-hydrogen) atoms. The third-order valence-electron chi connectivity index (χ3n) is 2.89. The van der Waals surface area contributed by atoms with Crippen molar-refractivity contribution in [3.8, 4) is 0 Å². The fourth-order valence-electron chi connectivity index (χ4n) is 2.03. The van der Waals surface area contributed by atoms with Crippen LogP contribution in [0.1, 0.15) is 25.7 Å². The van der Waals surface area contributed by atoms with Crippen LogP contribution in [0, 0.1) is 0 Å². The molecule has 1 rings (SSSR count). The first-order valence-corrected chi connectivity index (χ1v) is 7.61. The number of amides is 1. The van der Waals surface area contributed by atoms with E-state index in [0.29, 0.717) is 6.04 Å². The Labute approximate surface area is 96.9 Å². The predicted molar refractivity (Wildman–Crippen MR) is 63.0 cm³/mol. The maximum absolute atomic E-state index is 11.4. The van der Waals surface area contributed by atoms with Crippen LogP contribution in [0.5, 0.6) is 0 Å². The van der Waals surface area contributed by atoms with E-state index < -0.39 is 15.6 Å². The van der Waals surface area contributed by atoms with Gasteiger partial charge in [0, 0.05) is 18.3 Å². The molecule has 1 fully saturated rings. The fourth-order valence-corrected chi connectivity index (χ4v) is 2.59. The van der Waals surface area contributed by atoms with Crippen molar-refractivity contribution in [1.29, 1.82) is 0 Å². The lowest BCUT2D eigenvalue weighted by atomic mass is 9.91. The summed E-state index contributed by atoms with van der Waals surface area (Å²) in [5, 5.41) is 5.98. The van der Waals surface area contributed by atoms with E-state index in [2.05, 4.69) is 10.6 Å². The number of rotatable bonds is 4. The van der Waals surface area contributed by atoms with Crippen molar-refractivity contribution < 1.29 is 13.2 Å². The summed E-state index contributed by atoms with van der Waals surface area (Å²) in [4.78, 5) is 11.4. The molecule has 5 nitrogen and oxygen atoms in total. The van der Waals surface area contributed by atoms with Gasteiger partial charge < -0.3 is 10.6 Å². The molecule has 0 spiro atoms. The largest absolute Gasteiger partial charge is 0.352 e. The Morgan fingerprint density at radius 3 is 2.12 bits per heavy atom. The molecule has 0 radical (unpaired) electrons. The van der Waals surface area contributed by atoms with Gasteiger partial charge in [-0.15, -0.1) is 0 Å². The molecule has 2 N–H and O–H groups in total. The van der Waals surface area contributed by atoms with Crippen molar-refractivity contribution in [2.75, 3.05) is 19.1 Å². The maximum Gasteiger partial charge on any atom is 0.235 e. The van der Waals surface area contributed by atoms with Gasteiger partial charge in [0.2, 0.25) is 5.91 Å². The van der Waals surface area contributed by atoms with E-state index in [9.17, 15) is 13.2 Å². The first kappa shape index (κ1) is 13.4. The molecule has 0 unspecified atom stereocenters. The molecule has 0 atom stereocenters. The van der Waals surface area contributed by atoms with Crippen molar-refractivity contribution >= 4 is 15.7 Å². The van der Waals surface area contributed by atoms with Gasteiger partial charge in [-0.25, -0.2) is 8.42 Å². The number of carbonyl (C=O) groups is 1. The second-order valence-corrected chi connectivity index (χ2v) is 6.62. The van der Waals surface area contributed by atoms with Crippen LogP contribution in [-0.2, 0) is 14.6 Å². The first-order chi connectivity index (χ1) is 7.40. The van der Waals surface area contributed by atoms with Crippen LogP contribution >= 0.6 is 0 Å². The summed E-state index contributed by atoms with van der Waals surface area (Å²) < 4.78 is 21.8. The Kier molecular flexibility index (Phi) is 4.73. The quantitative estimate of drug-likeness (QED) is 0.715. The Morgan fingerprint density at radius 2 is 1.69 bits per heavy atom. The summed E-state index contributed by atoms with van der Waals surface area (Å²) in [7, 11) is -1.28. The number of carbonyl (C=O) groups excluding carboxylic acids is 1. The Balaban J connectivity index is 2.31. The molecule has 6 heteroatoms. The number of sulfone groups is 1. The van der Waals surface area contributed by atoms with E-state index in [1.165, 1.54) is 0 Å². The summed E-state index contributed by atoms with van der Waals surface area (Å²) in [6, 6.07) is 0.668. The average Bonchev–Trinajstić information content (AvgIpc) is 2.16. The van der Waals surface area contributed by atoms with E-state index >= 15 is 0 Å². The molecular weight excluding hydrogens is 228 g/mol. The van der Waals surface area contributed by atoms with E-state index in [0.717, 1.165) is 31.9 Å². The van der Waals surface area contributed by atoms with Gasteiger partial charge in [0.25, 0.3) is 0 Å². The summed E-state index contributed by atoms with van der Waals surface area (Å²) in [5.74, 6) is -0.783. The third-order valence-corrected chi connectivity index (χ3v) is 3.68. The van der Waals surface area contributed by atoms with Crippen LogP contribution in [0.15, 0.2) is 0 Å². The highest BCUT2D eigenvalue weighted by molar-refractivity contribution is 7.91. The minimum atomic E-state index is -3.21. The molecule has 0 bridgehead atoms. The molecule has 1 aliphatic rings. The molecule has 0 saturated heterocycles. The lowest BCUT2D eigenvalue weighted by Gasteiger charge is -2.28. The predicted octanol–water partition coefficient (Wildman–Crippen LogP) is -0.322. The van der Waals surface area contributed by atoms with Crippen LogP contribution in [0.25, 0.3) is 0 Å². The Bertz CT molecular complexity index is 332. The van der Waals surface area contributed by atoms with Gasteiger partial charge in [-0.2, -0.15) is 0 Å². The Hall–Kier alpha value is -0.620. The lowest BCUT2D eigenvalue weighted by Crippen LogP contribution is -2.43. The zero-order valence-electron chi connectivity index (χ0n) is 9.82. The first-order valence-electron chi connectivity index (χ1n) is 5.55. The van der Waals surface area contributed by atoms with Crippen molar-refractivity contribution in [1.82, 2.24) is 10.6 Å². The fraction of sp³-hybridized carbons (Fsp3) is 0.900. The molecule has 1 aliphatic carbocycles. The molecule has 0 aromatic rings. The van der Waals surface area contributed by atoms with Crippen LogP contribution in [0.3, 0.4) is 0 Å². The molecular formula is C10H20N2O3S. The molecule has 1 saturated carbocycles. The Morgan fingerprint density at radius 1 is 1.19 bits per heavy atom. The number of hydrogen-bond donors (Lipinski definition) is 2. The van der Waals surface area contributed by atoms with E-state index in [1.54, 1.807) is 0 Å². The maximum atomic E-state index is 11.4. The normalized spacial score (nSPS) is 26.4. The highest BCUT2D eigenvalue weighted by Crippen LogP contribution is 2.18. The molecule has 1 amide bonds. The van der Waals surface area contributed by atoms with Crippen LogP contribution < -0.4 is 10.6 Å². The van der Waals surface area contributed by atoms with Gasteiger partial charge in [0.1, 0.15) is 5.75 Å². The van der Waals surface area contributed by atoms with E-state index in [4.69, 9.17) is 0 Å². The summed E-state index contributed by atoms with van der Waals surface area (Å²) in [5.41, 5.74) is 0. The van der Waals surface area contributed by atoms with Crippen molar-refractivity contribution in [2.24, 2.45) is 0 Å². The number of hydrogen-bond acceptors (Lipinski definition) is 4. The van der Waals surface area contributed by atoms with Crippen LogP contribution in [0.2, 0.25) is 0 Å². The SMILES string of the molecule is CNC1CCC(NC(=O)CS(C)(=O)=O)CC1. The smallest absolute Gasteiger partial charge is 0.235 e. The van der Waals surface area contributed by atoms with Gasteiger partial charge >= 0.3 is 0 Å². The van der Waals surface area contributed by atoms with Gasteiger partial charge in [0.05, 0.1) is 0 Å². The third kappa shape index (κ3) is 4.94. The van der Waals surface area contributed by atoms with E-state index in [-0.39, 0.29) is 11.9 Å². The van der Waals surface area contributed by atoms with Gasteiger partial charge in [-0.3, -0.25) is 4.79 Å². The summed E-state index contributed by atoms with van der Waals surface area (Å²) in [6.45, 7) is 0.